The topological polar surface area (TPSA) is 86.3 Å². The van der Waals surface area contributed by atoms with E-state index in [0.717, 1.165) is 6.42 Å². The van der Waals surface area contributed by atoms with Crippen LogP contribution in [0.5, 0.6) is 0 Å². The van der Waals surface area contributed by atoms with Crippen LogP contribution in [0.1, 0.15) is 13.3 Å². The minimum absolute atomic E-state index is 0.0268. The molecular weight excluding hydrogens is 210 g/mol. The number of hydrogen-bond acceptors (Lipinski definition) is 4. The monoisotopic (exact) mass is 223 g/mol. The first-order valence-electron chi connectivity index (χ1n) is 5.14. The quantitative estimate of drug-likeness (QED) is 0.741. The molecule has 0 spiro atoms. The maximum Gasteiger partial charge on any atom is 0.326 e. The van der Waals surface area contributed by atoms with Crippen LogP contribution in [0.2, 0.25) is 0 Å². The highest BCUT2D eigenvalue weighted by atomic mass is 16.4. The number of carboxylic acids is 1. The van der Waals surface area contributed by atoms with Crippen molar-refractivity contribution in [2.75, 3.05) is 11.4 Å². The third kappa shape index (κ3) is 1.66. The van der Waals surface area contributed by atoms with Crippen LogP contribution in [0, 0.1) is 5.92 Å². The number of rotatable bonds is 2. The Morgan fingerprint density at radius 2 is 2.44 bits per heavy atom. The van der Waals surface area contributed by atoms with Gasteiger partial charge in [0.05, 0.1) is 0 Å². The van der Waals surface area contributed by atoms with Gasteiger partial charge in [-0.3, -0.25) is 4.79 Å². The van der Waals surface area contributed by atoms with E-state index in [1.54, 1.807) is 4.90 Å². The normalized spacial score (nSPS) is 24.7. The second kappa shape index (κ2) is 3.96. The molecule has 6 nitrogen and oxygen atoms in total. The van der Waals surface area contributed by atoms with Crippen LogP contribution in [0.25, 0.3) is 0 Å². The average Bonchev–Trinajstić information content (AvgIpc) is 2.61. The summed E-state index contributed by atoms with van der Waals surface area (Å²) in [6, 6.07) is -0.656. The van der Waals surface area contributed by atoms with E-state index in [-0.39, 0.29) is 17.3 Å². The molecule has 0 radical (unpaired) electrons. The Morgan fingerprint density at radius 1 is 1.69 bits per heavy atom. The van der Waals surface area contributed by atoms with Gasteiger partial charge in [-0.05, 0) is 12.3 Å². The number of anilines is 1. The first-order chi connectivity index (χ1) is 7.61. The Kier molecular flexibility index (Phi) is 2.64. The molecule has 2 heterocycles. The Hall–Kier alpha value is -1.85. The molecule has 0 aromatic carbocycles. The van der Waals surface area contributed by atoms with Crippen LogP contribution >= 0.6 is 0 Å². The summed E-state index contributed by atoms with van der Waals surface area (Å²) in [5.74, 6) is -0.687. The lowest BCUT2D eigenvalue weighted by Crippen LogP contribution is -2.42. The summed E-state index contributed by atoms with van der Waals surface area (Å²) >= 11 is 0. The molecule has 6 heteroatoms. The summed E-state index contributed by atoms with van der Waals surface area (Å²) in [7, 11) is 0. The van der Waals surface area contributed by atoms with Crippen LogP contribution in [0.4, 0.5) is 5.82 Å². The fourth-order valence-electron chi connectivity index (χ4n) is 2.11. The van der Waals surface area contributed by atoms with Gasteiger partial charge in [0.2, 0.25) is 0 Å². The fraction of sp³-hybridized carbons (Fsp3) is 0.500. The number of nitrogens with one attached hydrogen (secondary N) is 1. The van der Waals surface area contributed by atoms with Crippen molar-refractivity contribution in [2.24, 2.45) is 5.92 Å². The number of aromatic nitrogens is 2. The Labute approximate surface area is 91.9 Å². The summed E-state index contributed by atoms with van der Waals surface area (Å²) in [5.41, 5.74) is -0.345. The van der Waals surface area contributed by atoms with Crippen LogP contribution < -0.4 is 10.5 Å². The van der Waals surface area contributed by atoms with Gasteiger partial charge in [-0.1, -0.05) is 6.92 Å². The van der Waals surface area contributed by atoms with Crippen molar-refractivity contribution < 1.29 is 9.90 Å². The summed E-state index contributed by atoms with van der Waals surface area (Å²) in [5, 5.41) is 9.12. The minimum atomic E-state index is -0.907. The number of carboxylic acid groups (broad SMARTS) is 1. The molecule has 1 aromatic heterocycles. The zero-order valence-corrected chi connectivity index (χ0v) is 8.88. The molecule has 1 saturated heterocycles. The Balaban J connectivity index is 2.38. The summed E-state index contributed by atoms with van der Waals surface area (Å²) in [6.45, 7) is 2.42. The van der Waals surface area contributed by atoms with E-state index in [0.29, 0.717) is 6.54 Å². The molecule has 16 heavy (non-hydrogen) atoms. The molecular formula is C10H13N3O3. The SMILES string of the molecule is CC1CCN(c2ncc[nH]c2=O)C1C(=O)O. The van der Waals surface area contributed by atoms with E-state index in [2.05, 4.69) is 9.97 Å². The number of H-pyrrole nitrogens is 1. The van der Waals surface area contributed by atoms with Crippen LogP contribution in [-0.4, -0.2) is 33.6 Å². The third-order valence-corrected chi connectivity index (χ3v) is 2.91. The number of hydrogen-bond donors (Lipinski definition) is 2. The zero-order valence-electron chi connectivity index (χ0n) is 8.88. The van der Waals surface area contributed by atoms with Crippen molar-refractivity contribution in [3.63, 3.8) is 0 Å². The van der Waals surface area contributed by atoms with Crippen molar-refractivity contribution >= 4 is 11.8 Å². The zero-order chi connectivity index (χ0) is 11.7. The van der Waals surface area contributed by atoms with Crippen molar-refractivity contribution in [1.82, 2.24) is 9.97 Å². The maximum absolute atomic E-state index is 11.5. The van der Waals surface area contributed by atoms with Crippen molar-refractivity contribution in [3.05, 3.63) is 22.7 Å². The van der Waals surface area contributed by atoms with Crippen LogP contribution in [-0.2, 0) is 4.79 Å². The highest BCUT2D eigenvalue weighted by Crippen LogP contribution is 2.26. The number of aliphatic carboxylic acids is 1. The number of aromatic amines is 1. The van der Waals surface area contributed by atoms with Crippen LogP contribution in [0.3, 0.4) is 0 Å². The van der Waals surface area contributed by atoms with Gasteiger partial charge in [-0.2, -0.15) is 0 Å². The highest BCUT2D eigenvalue weighted by Gasteiger charge is 2.38. The molecule has 2 atom stereocenters. The van der Waals surface area contributed by atoms with Crippen molar-refractivity contribution in [1.29, 1.82) is 0 Å². The van der Waals surface area contributed by atoms with E-state index < -0.39 is 12.0 Å². The van der Waals surface area contributed by atoms with Gasteiger partial charge in [0.15, 0.2) is 5.82 Å². The van der Waals surface area contributed by atoms with Crippen molar-refractivity contribution in [3.8, 4) is 0 Å². The largest absolute Gasteiger partial charge is 0.480 e. The van der Waals surface area contributed by atoms with Crippen molar-refractivity contribution in [2.45, 2.75) is 19.4 Å². The van der Waals surface area contributed by atoms with Gasteiger partial charge >= 0.3 is 5.97 Å². The standard InChI is InChI=1S/C10H13N3O3/c1-6-2-5-13(7(6)10(15)16)8-9(14)12-4-3-11-8/h3-4,6-7H,2,5H2,1H3,(H,12,14)(H,15,16). The van der Waals surface area contributed by atoms with Gasteiger partial charge in [0, 0.05) is 18.9 Å². The molecule has 0 saturated carbocycles. The van der Waals surface area contributed by atoms with Gasteiger partial charge in [0.25, 0.3) is 5.56 Å². The molecule has 2 rings (SSSR count). The Bertz CT molecular complexity index is 457. The van der Waals surface area contributed by atoms with Gasteiger partial charge in [-0.25, -0.2) is 9.78 Å². The maximum atomic E-state index is 11.5. The predicted molar refractivity (Wildman–Crippen MR) is 57.4 cm³/mol. The molecule has 1 aliphatic heterocycles. The molecule has 1 fully saturated rings. The van der Waals surface area contributed by atoms with E-state index in [1.807, 2.05) is 6.92 Å². The summed E-state index contributed by atoms with van der Waals surface area (Å²) in [6.07, 6.45) is 3.65. The molecule has 1 aromatic rings. The van der Waals surface area contributed by atoms with Gasteiger partial charge < -0.3 is 15.0 Å². The first kappa shape index (κ1) is 10.7. The number of carbonyl (C=O) groups is 1. The molecule has 86 valence electrons. The molecule has 2 N–H and O–H groups in total. The Morgan fingerprint density at radius 3 is 3.06 bits per heavy atom. The lowest BCUT2D eigenvalue weighted by molar-refractivity contribution is -0.139. The first-order valence-corrected chi connectivity index (χ1v) is 5.14. The lowest BCUT2D eigenvalue weighted by Gasteiger charge is -2.23. The second-order valence-corrected chi connectivity index (χ2v) is 3.98. The summed E-state index contributed by atoms with van der Waals surface area (Å²) < 4.78 is 0. The van der Waals surface area contributed by atoms with E-state index in [9.17, 15) is 9.59 Å². The number of nitrogens with zero attached hydrogens (tertiary/aromatic N) is 2. The van der Waals surface area contributed by atoms with Gasteiger partial charge in [0.1, 0.15) is 6.04 Å². The van der Waals surface area contributed by atoms with E-state index in [1.165, 1.54) is 12.4 Å². The second-order valence-electron chi connectivity index (χ2n) is 3.98. The third-order valence-electron chi connectivity index (χ3n) is 2.91. The van der Waals surface area contributed by atoms with E-state index >= 15 is 0 Å². The minimum Gasteiger partial charge on any atom is -0.480 e. The lowest BCUT2D eigenvalue weighted by atomic mass is 10.0. The molecule has 0 bridgehead atoms. The molecule has 1 aliphatic rings. The smallest absolute Gasteiger partial charge is 0.326 e. The van der Waals surface area contributed by atoms with Crippen LogP contribution in [0.15, 0.2) is 17.2 Å². The highest BCUT2D eigenvalue weighted by molar-refractivity contribution is 5.78. The average molecular weight is 223 g/mol. The molecule has 2 unspecified atom stereocenters. The molecule has 0 aliphatic carbocycles. The predicted octanol–water partition coefficient (Wildman–Crippen LogP) is 0.0693. The summed E-state index contributed by atoms with van der Waals surface area (Å²) in [4.78, 5) is 30.7. The molecule has 0 amide bonds. The fourth-order valence-corrected chi connectivity index (χ4v) is 2.11. The van der Waals surface area contributed by atoms with E-state index in [4.69, 9.17) is 5.11 Å². The van der Waals surface area contributed by atoms with Gasteiger partial charge in [-0.15, -0.1) is 0 Å².